The summed E-state index contributed by atoms with van der Waals surface area (Å²) in [6.07, 6.45) is 3.16. The molecule has 0 unspecified atom stereocenters. The number of hydrogen-bond acceptors (Lipinski definition) is 3. The first-order valence-electron chi connectivity index (χ1n) is 4.61. The number of hydrazone groups is 1. The normalized spacial score (nSPS) is 11.4. The van der Waals surface area contributed by atoms with Crippen molar-refractivity contribution >= 4 is 18.3 Å². The maximum atomic E-state index is 10.4. The number of nitrogens with zero attached hydrogens (tertiary/aromatic N) is 1. The van der Waals surface area contributed by atoms with Crippen LogP contribution in [0.25, 0.3) is 6.08 Å². The van der Waals surface area contributed by atoms with Gasteiger partial charge in [0, 0.05) is 0 Å². The van der Waals surface area contributed by atoms with E-state index < -0.39 is 6.03 Å². The van der Waals surface area contributed by atoms with Crippen molar-refractivity contribution in [3.05, 3.63) is 41.7 Å². The SMILES string of the molecule is COC(C=NNC(N)=O)=Cc1ccccc1. The molecule has 0 radical (unpaired) electrons. The molecule has 84 valence electrons. The number of benzene rings is 1. The zero-order valence-electron chi connectivity index (χ0n) is 8.88. The van der Waals surface area contributed by atoms with Crippen molar-refractivity contribution in [3.63, 3.8) is 0 Å². The molecule has 1 aromatic carbocycles. The highest BCUT2D eigenvalue weighted by Gasteiger charge is 1.93. The van der Waals surface area contributed by atoms with E-state index in [1.807, 2.05) is 30.3 Å². The van der Waals surface area contributed by atoms with Crippen molar-refractivity contribution in [3.8, 4) is 0 Å². The molecule has 0 saturated heterocycles. The molecule has 0 bridgehead atoms. The second-order valence-electron chi connectivity index (χ2n) is 2.90. The van der Waals surface area contributed by atoms with Crippen LogP contribution < -0.4 is 11.2 Å². The maximum absolute atomic E-state index is 10.4. The number of hydrogen-bond donors (Lipinski definition) is 2. The smallest absolute Gasteiger partial charge is 0.332 e. The van der Waals surface area contributed by atoms with Crippen LogP contribution in [0, 0.1) is 0 Å². The van der Waals surface area contributed by atoms with Crippen LogP contribution in [-0.2, 0) is 4.74 Å². The first-order chi connectivity index (χ1) is 7.72. The van der Waals surface area contributed by atoms with Gasteiger partial charge >= 0.3 is 6.03 Å². The lowest BCUT2D eigenvalue weighted by Crippen LogP contribution is -2.24. The molecule has 0 atom stereocenters. The van der Waals surface area contributed by atoms with Gasteiger partial charge in [0.15, 0.2) is 0 Å². The molecule has 5 heteroatoms. The first kappa shape index (κ1) is 11.8. The Bertz CT molecular complexity index is 399. The third-order valence-electron chi connectivity index (χ3n) is 1.71. The van der Waals surface area contributed by atoms with Crippen LogP contribution in [0.1, 0.15) is 5.56 Å². The molecule has 0 saturated carbocycles. The lowest BCUT2D eigenvalue weighted by atomic mass is 10.2. The van der Waals surface area contributed by atoms with E-state index in [9.17, 15) is 4.79 Å². The molecule has 0 aliphatic heterocycles. The molecule has 0 heterocycles. The quantitative estimate of drug-likeness (QED) is 0.455. The van der Waals surface area contributed by atoms with Crippen LogP contribution in [0.2, 0.25) is 0 Å². The van der Waals surface area contributed by atoms with Crippen molar-refractivity contribution in [2.75, 3.05) is 7.11 Å². The van der Waals surface area contributed by atoms with Crippen molar-refractivity contribution in [2.45, 2.75) is 0 Å². The Balaban J connectivity index is 2.71. The van der Waals surface area contributed by atoms with E-state index in [1.165, 1.54) is 13.3 Å². The highest BCUT2D eigenvalue weighted by molar-refractivity contribution is 5.84. The van der Waals surface area contributed by atoms with Crippen molar-refractivity contribution < 1.29 is 9.53 Å². The van der Waals surface area contributed by atoms with E-state index in [2.05, 4.69) is 10.5 Å². The number of carbonyl (C=O) groups is 1. The predicted octanol–water partition coefficient (Wildman–Crippen LogP) is 1.33. The summed E-state index contributed by atoms with van der Waals surface area (Å²) < 4.78 is 5.06. The summed E-state index contributed by atoms with van der Waals surface area (Å²) in [6.45, 7) is 0. The molecule has 0 spiro atoms. The summed E-state index contributed by atoms with van der Waals surface area (Å²) in [7, 11) is 1.52. The van der Waals surface area contributed by atoms with Gasteiger partial charge in [0.2, 0.25) is 0 Å². The molecule has 2 amide bonds. The Morgan fingerprint density at radius 3 is 2.69 bits per heavy atom. The number of methoxy groups -OCH3 is 1. The third-order valence-corrected chi connectivity index (χ3v) is 1.71. The predicted molar refractivity (Wildman–Crippen MR) is 62.6 cm³/mol. The molecule has 5 nitrogen and oxygen atoms in total. The summed E-state index contributed by atoms with van der Waals surface area (Å²) in [5, 5.41) is 3.60. The standard InChI is InChI=1S/C11H13N3O2/c1-16-10(8-13-14-11(12)15)7-9-5-3-2-4-6-9/h2-8H,1H3,(H3,12,14,15). The van der Waals surface area contributed by atoms with Gasteiger partial charge in [-0.2, -0.15) is 5.10 Å². The minimum atomic E-state index is -0.716. The van der Waals surface area contributed by atoms with Gasteiger partial charge in [-0.15, -0.1) is 0 Å². The summed E-state index contributed by atoms with van der Waals surface area (Å²) in [6, 6.07) is 8.89. The molecule has 3 N–H and O–H groups in total. The number of allylic oxidation sites excluding steroid dienone is 1. The lowest BCUT2D eigenvalue weighted by molar-refractivity contribution is 0.249. The molecule has 16 heavy (non-hydrogen) atoms. The average molecular weight is 219 g/mol. The monoisotopic (exact) mass is 219 g/mol. The van der Waals surface area contributed by atoms with Crippen LogP contribution in [-0.4, -0.2) is 19.4 Å². The zero-order chi connectivity index (χ0) is 11.8. The van der Waals surface area contributed by atoms with Gasteiger partial charge in [-0.05, 0) is 11.6 Å². The summed E-state index contributed by atoms with van der Waals surface area (Å²) in [5.41, 5.74) is 7.91. The number of nitrogens with two attached hydrogens (primary N) is 1. The van der Waals surface area contributed by atoms with Crippen molar-refractivity contribution in [1.29, 1.82) is 0 Å². The van der Waals surface area contributed by atoms with Gasteiger partial charge in [0.25, 0.3) is 0 Å². The zero-order valence-corrected chi connectivity index (χ0v) is 8.88. The van der Waals surface area contributed by atoms with Gasteiger partial charge in [-0.25, -0.2) is 10.2 Å². The number of urea groups is 1. The first-order valence-corrected chi connectivity index (χ1v) is 4.61. The minimum Gasteiger partial charge on any atom is -0.495 e. The lowest BCUT2D eigenvalue weighted by Gasteiger charge is -1.99. The molecule has 0 aliphatic carbocycles. The Hall–Kier alpha value is -2.30. The van der Waals surface area contributed by atoms with E-state index in [1.54, 1.807) is 6.08 Å². The average Bonchev–Trinajstić information content (AvgIpc) is 2.28. The molecular weight excluding hydrogens is 206 g/mol. The highest BCUT2D eigenvalue weighted by Crippen LogP contribution is 2.05. The second-order valence-corrected chi connectivity index (χ2v) is 2.90. The van der Waals surface area contributed by atoms with Gasteiger partial charge in [-0.1, -0.05) is 30.3 Å². The Morgan fingerprint density at radius 2 is 2.12 bits per heavy atom. The number of nitrogens with one attached hydrogen (secondary N) is 1. The van der Waals surface area contributed by atoms with E-state index in [4.69, 9.17) is 10.5 Å². The summed E-state index contributed by atoms with van der Waals surface area (Å²) in [5.74, 6) is 0.514. The van der Waals surface area contributed by atoms with E-state index >= 15 is 0 Å². The van der Waals surface area contributed by atoms with Gasteiger partial charge in [0.1, 0.15) is 5.76 Å². The molecular formula is C11H13N3O2. The number of amides is 2. The fourth-order valence-electron chi connectivity index (χ4n) is 1.02. The molecule has 1 aromatic rings. The topological polar surface area (TPSA) is 76.7 Å². The van der Waals surface area contributed by atoms with Crippen LogP contribution in [0.5, 0.6) is 0 Å². The van der Waals surface area contributed by atoms with Gasteiger partial charge < -0.3 is 10.5 Å². The van der Waals surface area contributed by atoms with E-state index in [0.717, 1.165) is 5.56 Å². The Morgan fingerprint density at radius 1 is 1.44 bits per heavy atom. The van der Waals surface area contributed by atoms with Crippen molar-refractivity contribution in [2.24, 2.45) is 10.8 Å². The number of ether oxygens (including phenoxy) is 1. The van der Waals surface area contributed by atoms with Gasteiger partial charge in [-0.3, -0.25) is 0 Å². The summed E-state index contributed by atoms with van der Waals surface area (Å²) >= 11 is 0. The largest absolute Gasteiger partial charge is 0.495 e. The third kappa shape index (κ3) is 4.28. The number of carbonyl (C=O) groups excluding carboxylic acids is 1. The fourth-order valence-corrected chi connectivity index (χ4v) is 1.02. The minimum absolute atomic E-state index is 0.514. The van der Waals surface area contributed by atoms with Crippen LogP contribution >= 0.6 is 0 Å². The van der Waals surface area contributed by atoms with Crippen LogP contribution in [0.15, 0.2) is 41.2 Å². The highest BCUT2D eigenvalue weighted by atomic mass is 16.5. The van der Waals surface area contributed by atoms with Crippen molar-refractivity contribution in [1.82, 2.24) is 5.43 Å². The molecule has 1 rings (SSSR count). The summed E-state index contributed by atoms with van der Waals surface area (Å²) in [4.78, 5) is 10.4. The molecule has 0 aliphatic rings. The Labute approximate surface area is 93.6 Å². The van der Waals surface area contributed by atoms with Crippen LogP contribution in [0.4, 0.5) is 4.79 Å². The number of rotatable bonds is 4. The maximum Gasteiger partial charge on any atom is 0.332 e. The van der Waals surface area contributed by atoms with E-state index in [0.29, 0.717) is 5.76 Å². The second kappa shape index (κ2) is 6.23. The fraction of sp³-hybridized carbons (Fsp3) is 0.0909. The van der Waals surface area contributed by atoms with Gasteiger partial charge in [0.05, 0.1) is 13.3 Å². The van der Waals surface area contributed by atoms with E-state index in [-0.39, 0.29) is 0 Å². The van der Waals surface area contributed by atoms with Crippen LogP contribution in [0.3, 0.4) is 0 Å². The number of primary amides is 1. The molecule has 0 aromatic heterocycles. The Kier molecular flexibility index (Phi) is 4.59. The molecule has 0 fully saturated rings.